The van der Waals surface area contributed by atoms with E-state index >= 15 is 0 Å². The summed E-state index contributed by atoms with van der Waals surface area (Å²) in [6.45, 7) is 6.67. The zero-order valence-corrected chi connectivity index (χ0v) is 19.4. The fourth-order valence-electron chi connectivity index (χ4n) is 3.44. The van der Waals surface area contributed by atoms with Gasteiger partial charge in [0.1, 0.15) is 18.0 Å². The van der Waals surface area contributed by atoms with Crippen LogP contribution in [0.15, 0.2) is 55.4 Å². The van der Waals surface area contributed by atoms with Crippen molar-refractivity contribution in [3.05, 3.63) is 61.0 Å². The van der Waals surface area contributed by atoms with Gasteiger partial charge in [-0.2, -0.15) is 5.10 Å². The minimum Gasteiger partial charge on any atom is -0.444 e. The maximum Gasteiger partial charge on any atom is 0.410 e. The molecule has 2 amide bonds. The standard InChI is InChI=1S/C24H27N7O3/c1-24(2,3)34-23(33)30-10-6-17(7-11-30)19-13-28-31(15-19)16-22(32)29-21-5-4-18(12-27-21)20-14-25-8-9-26-20/h4-6,8-9,12-15H,7,10-11,16H2,1-3H3,(H,27,29,32). The number of carbonyl (C=O) groups excluding carboxylic acids is 2. The van der Waals surface area contributed by atoms with Crippen LogP contribution in [-0.2, 0) is 16.1 Å². The highest BCUT2D eigenvalue weighted by molar-refractivity contribution is 5.89. The fraction of sp³-hybridized carbons (Fsp3) is 0.333. The first-order valence-corrected chi connectivity index (χ1v) is 11.0. The van der Waals surface area contributed by atoms with Gasteiger partial charge in [-0.15, -0.1) is 0 Å². The molecule has 0 atom stereocenters. The number of hydrogen-bond donors (Lipinski definition) is 1. The van der Waals surface area contributed by atoms with E-state index in [4.69, 9.17) is 4.74 Å². The van der Waals surface area contributed by atoms with Crippen LogP contribution in [0.25, 0.3) is 16.8 Å². The number of hydrogen-bond acceptors (Lipinski definition) is 7. The Morgan fingerprint density at radius 1 is 1.09 bits per heavy atom. The Kier molecular flexibility index (Phi) is 6.67. The van der Waals surface area contributed by atoms with E-state index in [2.05, 4.69) is 25.4 Å². The predicted molar refractivity (Wildman–Crippen MR) is 127 cm³/mol. The number of aromatic nitrogens is 5. The number of pyridine rings is 1. The second kappa shape index (κ2) is 9.82. The molecule has 0 saturated carbocycles. The molecule has 10 nitrogen and oxygen atoms in total. The predicted octanol–water partition coefficient (Wildman–Crippen LogP) is 3.40. The Hall–Kier alpha value is -4.08. The first-order valence-electron chi connectivity index (χ1n) is 11.0. The summed E-state index contributed by atoms with van der Waals surface area (Å²) in [6.07, 6.45) is 12.5. The number of rotatable bonds is 5. The molecule has 0 saturated heterocycles. The number of nitrogens with one attached hydrogen (secondary N) is 1. The van der Waals surface area contributed by atoms with E-state index in [1.807, 2.05) is 39.1 Å². The number of carbonyl (C=O) groups is 2. The SMILES string of the molecule is CC(C)(C)OC(=O)N1CC=C(c2cnn(CC(=O)Nc3ccc(-c4cnccn4)cn3)c2)CC1. The smallest absolute Gasteiger partial charge is 0.410 e. The summed E-state index contributed by atoms with van der Waals surface area (Å²) in [6, 6.07) is 3.55. The maximum absolute atomic E-state index is 12.4. The number of ether oxygens (including phenoxy) is 1. The number of nitrogens with zero attached hydrogens (tertiary/aromatic N) is 6. The van der Waals surface area contributed by atoms with Gasteiger partial charge in [-0.3, -0.25) is 19.4 Å². The van der Waals surface area contributed by atoms with Crippen LogP contribution in [0, 0.1) is 0 Å². The highest BCUT2D eigenvalue weighted by Crippen LogP contribution is 2.23. The average Bonchev–Trinajstić information content (AvgIpc) is 3.27. The van der Waals surface area contributed by atoms with Crippen molar-refractivity contribution in [1.29, 1.82) is 0 Å². The molecule has 0 spiro atoms. The summed E-state index contributed by atoms with van der Waals surface area (Å²) < 4.78 is 7.01. The summed E-state index contributed by atoms with van der Waals surface area (Å²) in [5, 5.41) is 7.08. The first-order chi connectivity index (χ1) is 16.3. The van der Waals surface area contributed by atoms with Crippen LogP contribution in [0.4, 0.5) is 10.6 Å². The van der Waals surface area contributed by atoms with Gasteiger partial charge in [0.2, 0.25) is 5.91 Å². The van der Waals surface area contributed by atoms with E-state index in [0.717, 1.165) is 16.7 Å². The monoisotopic (exact) mass is 461 g/mol. The summed E-state index contributed by atoms with van der Waals surface area (Å²) in [5.41, 5.74) is 3.03. The summed E-state index contributed by atoms with van der Waals surface area (Å²) in [4.78, 5) is 38.9. The van der Waals surface area contributed by atoms with E-state index in [1.165, 1.54) is 0 Å². The van der Waals surface area contributed by atoms with Gasteiger partial charge in [0.15, 0.2) is 0 Å². The van der Waals surface area contributed by atoms with E-state index in [-0.39, 0.29) is 18.5 Å². The summed E-state index contributed by atoms with van der Waals surface area (Å²) in [5.74, 6) is 0.213. The topological polar surface area (TPSA) is 115 Å². The molecule has 0 radical (unpaired) electrons. The van der Waals surface area contributed by atoms with Gasteiger partial charge in [-0.05, 0) is 44.9 Å². The highest BCUT2D eigenvalue weighted by atomic mass is 16.6. The van der Waals surface area contributed by atoms with Crippen molar-refractivity contribution in [1.82, 2.24) is 29.6 Å². The second-order valence-corrected chi connectivity index (χ2v) is 8.90. The molecule has 34 heavy (non-hydrogen) atoms. The molecule has 1 aliphatic rings. The minimum absolute atomic E-state index is 0.0604. The molecule has 0 unspecified atom stereocenters. The Balaban J connectivity index is 1.31. The third-order valence-corrected chi connectivity index (χ3v) is 5.06. The average molecular weight is 462 g/mol. The fourth-order valence-corrected chi connectivity index (χ4v) is 3.44. The lowest BCUT2D eigenvalue weighted by atomic mass is 10.0. The molecule has 0 aromatic carbocycles. The van der Waals surface area contributed by atoms with E-state index in [9.17, 15) is 9.59 Å². The molecule has 1 N–H and O–H groups in total. The van der Waals surface area contributed by atoms with Crippen LogP contribution in [0.2, 0.25) is 0 Å². The highest BCUT2D eigenvalue weighted by Gasteiger charge is 2.24. The number of amides is 2. The van der Waals surface area contributed by atoms with Gasteiger partial charge in [-0.1, -0.05) is 6.08 Å². The molecular weight excluding hydrogens is 434 g/mol. The minimum atomic E-state index is -0.517. The molecular formula is C24H27N7O3. The van der Waals surface area contributed by atoms with Gasteiger partial charge >= 0.3 is 6.09 Å². The lowest BCUT2D eigenvalue weighted by molar-refractivity contribution is -0.116. The molecule has 4 heterocycles. The lowest BCUT2D eigenvalue weighted by Crippen LogP contribution is -2.39. The quantitative estimate of drug-likeness (QED) is 0.619. The van der Waals surface area contributed by atoms with Crippen molar-refractivity contribution < 1.29 is 14.3 Å². The molecule has 3 aromatic heterocycles. The van der Waals surface area contributed by atoms with E-state index in [1.54, 1.807) is 46.6 Å². The van der Waals surface area contributed by atoms with Gasteiger partial charge in [-0.25, -0.2) is 9.78 Å². The first kappa shape index (κ1) is 23.1. The molecule has 0 aliphatic carbocycles. The van der Waals surface area contributed by atoms with Crippen LogP contribution in [0.5, 0.6) is 0 Å². The van der Waals surface area contributed by atoms with Gasteiger partial charge in [0.25, 0.3) is 0 Å². The van der Waals surface area contributed by atoms with Gasteiger partial charge in [0, 0.05) is 49.0 Å². The normalized spacial score (nSPS) is 13.9. The van der Waals surface area contributed by atoms with Crippen molar-refractivity contribution in [2.24, 2.45) is 0 Å². The Morgan fingerprint density at radius 3 is 2.59 bits per heavy atom. The van der Waals surface area contributed by atoms with Gasteiger partial charge in [0.05, 0.1) is 18.1 Å². The van der Waals surface area contributed by atoms with Crippen molar-refractivity contribution in [2.75, 3.05) is 18.4 Å². The zero-order valence-electron chi connectivity index (χ0n) is 19.4. The van der Waals surface area contributed by atoms with Crippen LogP contribution in [-0.4, -0.2) is 60.3 Å². The molecule has 176 valence electrons. The summed E-state index contributed by atoms with van der Waals surface area (Å²) in [7, 11) is 0. The molecule has 4 rings (SSSR count). The van der Waals surface area contributed by atoms with Crippen LogP contribution in [0.1, 0.15) is 32.8 Å². The maximum atomic E-state index is 12.4. The van der Waals surface area contributed by atoms with E-state index < -0.39 is 5.60 Å². The Labute approximate surface area is 197 Å². The Bertz CT molecular complexity index is 1180. The molecule has 10 heteroatoms. The van der Waals surface area contributed by atoms with Crippen LogP contribution < -0.4 is 5.32 Å². The van der Waals surface area contributed by atoms with Crippen molar-refractivity contribution in [3.8, 4) is 11.3 Å². The third kappa shape index (κ3) is 6.03. The second-order valence-electron chi connectivity index (χ2n) is 8.90. The summed E-state index contributed by atoms with van der Waals surface area (Å²) >= 11 is 0. The Morgan fingerprint density at radius 2 is 1.94 bits per heavy atom. The van der Waals surface area contributed by atoms with Gasteiger partial charge < -0.3 is 15.0 Å². The van der Waals surface area contributed by atoms with Crippen LogP contribution >= 0.6 is 0 Å². The molecule has 1 aliphatic heterocycles. The lowest BCUT2D eigenvalue weighted by Gasteiger charge is -2.29. The van der Waals surface area contributed by atoms with Crippen LogP contribution in [0.3, 0.4) is 0 Å². The zero-order chi connectivity index (χ0) is 24.1. The molecule has 3 aromatic rings. The van der Waals surface area contributed by atoms with Crippen molar-refractivity contribution in [2.45, 2.75) is 39.3 Å². The molecule has 0 fully saturated rings. The third-order valence-electron chi connectivity index (χ3n) is 5.06. The number of anilines is 1. The van der Waals surface area contributed by atoms with Crippen molar-refractivity contribution in [3.63, 3.8) is 0 Å². The molecule has 0 bridgehead atoms. The van der Waals surface area contributed by atoms with E-state index in [0.29, 0.717) is 31.0 Å². The largest absolute Gasteiger partial charge is 0.444 e. The van der Waals surface area contributed by atoms with Crippen molar-refractivity contribution >= 4 is 23.4 Å².